The Bertz CT molecular complexity index is 528. The fraction of sp³-hybridized carbons (Fsp3) is 0.400. The predicted octanol–water partition coefficient (Wildman–Crippen LogP) is 2.70. The fourth-order valence-corrected chi connectivity index (χ4v) is 2.68. The third kappa shape index (κ3) is 1.85. The van der Waals surface area contributed by atoms with E-state index in [1.807, 2.05) is 6.33 Å². The molecular weight excluding hydrogens is 222 g/mol. The Hall–Kier alpha value is -1.61. The van der Waals surface area contributed by atoms with Crippen LogP contribution in [0.5, 0.6) is 0 Å². The van der Waals surface area contributed by atoms with Gasteiger partial charge in [0, 0.05) is 19.0 Å². The number of rotatable bonds is 2. The average molecular weight is 241 g/mol. The monoisotopic (exact) mass is 241 g/mol. The molecular formula is C15H19N3. The number of hydrogen-bond donors (Lipinski definition) is 1. The molecule has 94 valence electrons. The number of benzene rings is 1. The molecule has 3 nitrogen and oxygen atoms in total. The highest BCUT2D eigenvalue weighted by Gasteiger charge is 2.26. The van der Waals surface area contributed by atoms with Gasteiger partial charge in [-0.2, -0.15) is 0 Å². The normalized spacial score (nSPS) is 18.9. The van der Waals surface area contributed by atoms with Crippen molar-refractivity contribution in [3.05, 3.63) is 53.6 Å². The van der Waals surface area contributed by atoms with Gasteiger partial charge < -0.3 is 9.88 Å². The van der Waals surface area contributed by atoms with E-state index in [2.05, 4.69) is 59.0 Å². The van der Waals surface area contributed by atoms with E-state index in [0.717, 1.165) is 13.0 Å². The Morgan fingerprint density at radius 3 is 2.78 bits per heavy atom. The topological polar surface area (TPSA) is 29.9 Å². The molecule has 0 saturated carbocycles. The molecule has 3 rings (SSSR count). The highest BCUT2D eigenvalue weighted by atomic mass is 15.1. The molecule has 0 aliphatic carbocycles. The zero-order valence-corrected chi connectivity index (χ0v) is 10.9. The summed E-state index contributed by atoms with van der Waals surface area (Å²) < 4.78 is 2.29. The molecule has 0 saturated heterocycles. The number of fused-ring (bicyclic) bond motifs is 1. The number of nitrogens with one attached hydrogen (secondary N) is 1. The zero-order chi connectivity index (χ0) is 12.5. The maximum absolute atomic E-state index is 4.58. The molecule has 1 unspecified atom stereocenters. The van der Waals surface area contributed by atoms with Crippen molar-refractivity contribution >= 4 is 0 Å². The van der Waals surface area contributed by atoms with E-state index in [-0.39, 0.29) is 6.04 Å². The number of nitrogens with zero attached hydrogens (tertiary/aromatic N) is 2. The van der Waals surface area contributed by atoms with Gasteiger partial charge in [0.05, 0.1) is 23.8 Å². The molecule has 0 amide bonds. The molecule has 1 aliphatic rings. The lowest BCUT2D eigenvalue weighted by Gasteiger charge is -2.27. The maximum Gasteiger partial charge on any atom is 0.0954 e. The zero-order valence-electron chi connectivity index (χ0n) is 10.9. The Morgan fingerprint density at radius 2 is 2.06 bits per heavy atom. The molecule has 3 heteroatoms. The van der Waals surface area contributed by atoms with Gasteiger partial charge in [0.1, 0.15) is 0 Å². The summed E-state index contributed by atoms with van der Waals surface area (Å²) in [5.41, 5.74) is 3.90. The maximum atomic E-state index is 4.58. The second-order valence-corrected chi connectivity index (χ2v) is 5.13. The van der Waals surface area contributed by atoms with Crippen LogP contribution in [0.1, 0.15) is 42.9 Å². The first-order valence-corrected chi connectivity index (χ1v) is 6.61. The average Bonchev–Trinajstić information content (AvgIpc) is 2.83. The standard InChI is InChI=1S/C15H19N3/c1-11(2)18-10-17-13-8-9-16-14(15(13)18)12-6-4-3-5-7-12/h3-7,10-11,14,16H,8-9H2,1-2H3. The molecule has 0 bridgehead atoms. The number of hydrogen-bond acceptors (Lipinski definition) is 2. The van der Waals surface area contributed by atoms with Gasteiger partial charge in [-0.1, -0.05) is 30.3 Å². The van der Waals surface area contributed by atoms with Crippen molar-refractivity contribution in [3.63, 3.8) is 0 Å². The van der Waals surface area contributed by atoms with Crippen molar-refractivity contribution in [3.8, 4) is 0 Å². The molecule has 1 aliphatic heterocycles. The summed E-state index contributed by atoms with van der Waals surface area (Å²) in [6.45, 7) is 5.42. The molecule has 0 fully saturated rings. The Balaban J connectivity index is 2.08. The van der Waals surface area contributed by atoms with Crippen molar-refractivity contribution in [1.29, 1.82) is 0 Å². The second-order valence-electron chi connectivity index (χ2n) is 5.13. The van der Waals surface area contributed by atoms with Gasteiger partial charge in [-0.3, -0.25) is 0 Å². The molecule has 1 atom stereocenters. The third-order valence-corrected chi connectivity index (χ3v) is 3.58. The second kappa shape index (κ2) is 4.58. The summed E-state index contributed by atoms with van der Waals surface area (Å²) in [7, 11) is 0. The third-order valence-electron chi connectivity index (χ3n) is 3.58. The summed E-state index contributed by atoms with van der Waals surface area (Å²) in [5, 5.41) is 3.61. The van der Waals surface area contributed by atoms with Crippen LogP contribution >= 0.6 is 0 Å². The Morgan fingerprint density at radius 1 is 1.28 bits per heavy atom. The lowest BCUT2D eigenvalue weighted by Crippen LogP contribution is -2.32. The SMILES string of the molecule is CC(C)n1cnc2c1C(c1ccccc1)NCC2. The summed E-state index contributed by atoms with van der Waals surface area (Å²) in [6, 6.07) is 11.4. The minimum Gasteiger partial charge on any atom is -0.330 e. The van der Waals surface area contributed by atoms with Crippen LogP contribution in [-0.4, -0.2) is 16.1 Å². The van der Waals surface area contributed by atoms with Crippen LogP contribution in [0.25, 0.3) is 0 Å². The van der Waals surface area contributed by atoms with E-state index < -0.39 is 0 Å². The number of imidazole rings is 1. The summed E-state index contributed by atoms with van der Waals surface area (Å²) in [4.78, 5) is 4.58. The van der Waals surface area contributed by atoms with Crippen LogP contribution < -0.4 is 5.32 Å². The minimum absolute atomic E-state index is 0.278. The van der Waals surface area contributed by atoms with E-state index in [0.29, 0.717) is 6.04 Å². The van der Waals surface area contributed by atoms with Crippen molar-refractivity contribution < 1.29 is 0 Å². The fourth-order valence-electron chi connectivity index (χ4n) is 2.68. The van der Waals surface area contributed by atoms with Gasteiger partial charge in [-0.05, 0) is 19.4 Å². The largest absolute Gasteiger partial charge is 0.330 e. The summed E-state index contributed by atoms with van der Waals surface area (Å²) >= 11 is 0. The van der Waals surface area contributed by atoms with Crippen molar-refractivity contribution in [2.45, 2.75) is 32.4 Å². The van der Waals surface area contributed by atoms with Gasteiger partial charge in [0.25, 0.3) is 0 Å². The first-order chi connectivity index (χ1) is 8.77. The minimum atomic E-state index is 0.278. The molecule has 2 heterocycles. The summed E-state index contributed by atoms with van der Waals surface area (Å²) in [5.74, 6) is 0. The highest BCUT2D eigenvalue weighted by Crippen LogP contribution is 2.29. The Labute approximate surface area is 108 Å². The van der Waals surface area contributed by atoms with Gasteiger partial charge in [0.15, 0.2) is 0 Å². The smallest absolute Gasteiger partial charge is 0.0954 e. The quantitative estimate of drug-likeness (QED) is 0.876. The summed E-state index contributed by atoms with van der Waals surface area (Å²) in [6.07, 6.45) is 3.01. The van der Waals surface area contributed by atoms with E-state index in [1.165, 1.54) is 17.0 Å². The van der Waals surface area contributed by atoms with E-state index >= 15 is 0 Å². The first-order valence-electron chi connectivity index (χ1n) is 6.61. The van der Waals surface area contributed by atoms with E-state index in [4.69, 9.17) is 0 Å². The van der Waals surface area contributed by atoms with Gasteiger partial charge in [-0.15, -0.1) is 0 Å². The molecule has 1 aromatic carbocycles. The van der Waals surface area contributed by atoms with Gasteiger partial charge >= 0.3 is 0 Å². The lowest BCUT2D eigenvalue weighted by molar-refractivity contribution is 0.491. The molecule has 2 aromatic rings. The first kappa shape index (κ1) is 11.5. The predicted molar refractivity (Wildman–Crippen MR) is 72.6 cm³/mol. The van der Waals surface area contributed by atoms with Crippen LogP contribution in [0.15, 0.2) is 36.7 Å². The lowest BCUT2D eigenvalue weighted by atomic mass is 9.97. The highest BCUT2D eigenvalue weighted by molar-refractivity contribution is 5.33. The molecule has 18 heavy (non-hydrogen) atoms. The van der Waals surface area contributed by atoms with E-state index in [9.17, 15) is 0 Å². The van der Waals surface area contributed by atoms with Crippen LogP contribution in [0.2, 0.25) is 0 Å². The molecule has 0 spiro atoms. The van der Waals surface area contributed by atoms with Gasteiger partial charge in [-0.25, -0.2) is 4.98 Å². The number of aromatic nitrogens is 2. The van der Waals surface area contributed by atoms with E-state index in [1.54, 1.807) is 0 Å². The van der Waals surface area contributed by atoms with Crippen LogP contribution in [0.4, 0.5) is 0 Å². The Kier molecular flexibility index (Phi) is 2.92. The molecule has 0 radical (unpaired) electrons. The van der Waals surface area contributed by atoms with Crippen molar-refractivity contribution in [2.24, 2.45) is 0 Å². The van der Waals surface area contributed by atoms with Crippen molar-refractivity contribution in [1.82, 2.24) is 14.9 Å². The van der Waals surface area contributed by atoms with Gasteiger partial charge in [0.2, 0.25) is 0 Å². The van der Waals surface area contributed by atoms with Crippen LogP contribution in [0, 0.1) is 0 Å². The van der Waals surface area contributed by atoms with Crippen LogP contribution in [-0.2, 0) is 6.42 Å². The molecule has 1 aromatic heterocycles. The van der Waals surface area contributed by atoms with Crippen LogP contribution in [0.3, 0.4) is 0 Å². The molecule has 1 N–H and O–H groups in total. The van der Waals surface area contributed by atoms with Crippen molar-refractivity contribution in [2.75, 3.05) is 6.54 Å².